The number of carbonyl (C=O) groups excluding carboxylic acids is 3. The van der Waals surface area contributed by atoms with Crippen LogP contribution in [0.2, 0.25) is 0 Å². The van der Waals surface area contributed by atoms with Crippen molar-refractivity contribution in [2.75, 3.05) is 26.4 Å². The summed E-state index contributed by atoms with van der Waals surface area (Å²) in [4.78, 5) is 48.8. The van der Waals surface area contributed by atoms with Crippen LogP contribution in [0.25, 0.3) is 0 Å². The van der Waals surface area contributed by atoms with Crippen LogP contribution in [0.1, 0.15) is 316 Å². The predicted molar refractivity (Wildman–Crippen MR) is 325 cm³/mol. The first-order valence-electron chi connectivity index (χ1n) is 32.5. The van der Waals surface area contributed by atoms with Gasteiger partial charge in [-0.05, 0) is 83.5 Å². The smallest absolute Gasteiger partial charge is 0.462 e. The molecule has 0 aromatic carbocycles. The van der Waals surface area contributed by atoms with E-state index in [0.29, 0.717) is 19.3 Å². The van der Waals surface area contributed by atoms with Gasteiger partial charge in [-0.25, -0.2) is 4.57 Å². The van der Waals surface area contributed by atoms with Gasteiger partial charge in [-0.3, -0.25) is 23.4 Å². The number of ether oxygens (including phenoxy) is 3. The third kappa shape index (κ3) is 58.1. The first kappa shape index (κ1) is 75.4. The summed E-state index contributed by atoms with van der Waals surface area (Å²) < 4.78 is 39.7. The third-order valence-electron chi connectivity index (χ3n) is 14.2. The van der Waals surface area contributed by atoms with Crippen LogP contribution in [0.4, 0.5) is 0 Å². The first-order chi connectivity index (χ1) is 38.2. The molecular formula is C66H121O11P. The van der Waals surface area contributed by atoms with Gasteiger partial charge in [0.1, 0.15) is 12.7 Å². The molecule has 0 saturated carbocycles. The minimum atomic E-state index is -4.75. The van der Waals surface area contributed by atoms with Gasteiger partial charge in [0.15, 0.2) is 6.10 Å². The standard InChI is InChI=1S/C66H121O11P/c1-4-7-10-13-16-19-22-25-28-30-31-33-36-39-42-45-48-51-54-57-66(70)77-63(59-73-64(68)55-52-49-46-43-40-37-35-32-29-26-23-20-17-14-11-8-5-2)61-75-78(71,72)74-60-62(58-67)76-65(69)56-53-50-47-44-41-38-34-27-24-21-18-15-12-9-6-3/h16,18-19,21,25,27-28,34,62-63,67H,4-15,17,20,22-24,26,29-33,35-61H2,1-3H3,(H,71,72)/b19-16-,21-18-,28-25-,34-27-. The van der Waals surface area contributed by atoms with Gasteiger partial charge in [0.05, 0.1) is 19.8 Å². The quantitative estimate of drug-likeness (QED) is 0.0197. The van der Waals surface area contributed by atoms with E-state index >= 15 is 0 Å². The molecule has 0 aromatic rings. The van der Waals surface area contributed by atoms with Crippen LogP contribution in [0.3, 0.4) is 0 Å². The largest absolute Gasteiger partial charge is 0.472 e. The van der Waals surface area contributed by atoms with Crippen LogP contribution < -0.4 is 0 Å². The highest BCUT2D eigenvalue weighted by Crippen LogP contribution is 2.43. The summed E-state index contributed by atoms with van der Waals surface area (Å²) in [5, 5.41) is 9.84. The second kappa shape index (κ2) is 60.5. The molecule has 11 nitrogen and oxygen atoms in total. The van der Waals surface area contributed by atoms with Crippen molar-refractivity contribution in [3.63, 3.8) is 0 Å². The van der Waals surface area contributed by atoms with E-state index in [2.05, 4.69) is 69.4 Å². The Morgan fingerprint density at radius 3 is 0.974 bits per heavy atom. The SMILES string of the molecule is CCCCC/C=C\C/C=C\CCCCCCCCCCCC(=O)OC(COC(=O)CCCCCCCCCCCCCCCCCCC)COP(=O)(O)OCC(CO)OC(=O)CCCCCCC/C=C\C/C=C\CCCCC. The molecule has 0 radical (unpaired) electrons. The summed E-state index contributed by atoms with van der Waals surface area (Å²) in [5.41, 5.74) is 0. The van der Waals surface area contributed by atoms with Crippen molar-refractivity contribution in [1.29, 1.82) is 0 Å². The zero-order chi connectivity index (χ0) is 56.9. The molecule has 3 unspecified atom stereocenters. The molecule has 0 rings (SSSR count). The molecule has 0 fully saturated rings. The van der Waals surface area contributed by atoms with E-state index in [0.717, 1.165) is 96.3 Å². The lowest BCUT2D eigenvalue weighted by Crippen LogP contribution is -2.30. The van der Waals surface area contributed by atoms with E-state index in [1.54, 1.807) is 0 Å². The number of esters is 3. The van der Waals surface area contributed by atoms with Crippen LogP contribution in [0, 0.1) is 0 Å². The number of phosphoric ester groups is 1. The summed E-state index contributed by atoms with van der Waals surface area (Å²) in [6.45, 7) is 4.64. The minimum absolute atomic E-state index is 0.163. The van der Waals surface area contributed by atoms with Crippen LogP contribution in [-0.4, -0.2) is 66.5 Å². The molecule has 0 aliphatic rings. The highest BCUT2D eigenvalue weighted by atomic mass is 31.2. The fourth-order valence-corrected chi connectivity index (χ4v) is 10.0. The van der Waals surface area contributed by atoms with E-state index in [1.807, 2.05) is 0 Å². The molecule has 0 amide bonds. The number of hydrogen-bond acceptors (Lipinski definition) is 10. The number of carbonyl (C=O) groups is 3. The number of rotatable bonds is 61. The summed E-state index contributed by atoms with van der Waals surface area (Å²) in [6.07, 6.45) is 66.3. The van der Waals surface area contributed by atoms with Crippen molar-refractivity contribution in [2.24, 2.45) is 0 Å². The summed E-state index contributed by atoms with van der Waals surface area (Å²) >= 11 is 0. The average Bonchev–Trinajstić information content (AvgIpc) is 3.43. The van der Waals surface area contributed by atoms with Gasteiger partial charge in [-0.15, -0.1) is 0 Å². The Hall–Kier alpha value is -2.56. The van der Waals surface area contributed by atoms with E-state index in [1.165, 1.54) is 161 Å². The molecular weight excluding hydrogens is 1000 g/mol. The van der Waals surface area contributed by atoms with Crippen molar-refractivity contribution in [1.82, 2.24) is 0 Å². The summed E-state index contributed by atoms with van der Waals surface area (Å²) in [6, 6.07) is 0. The van der Waals surface area contributed by atoms with Gasteiger partial charge in [0.25, 0.3) is 0 Å². The van der Waals surface area contributed by atoms with Crippen molar-refractivity contribution in [3.05, 3.63) is 48.6 Å². The molecule has 78 heavy (non-hydrogen) atoms. The van der Waals surface area contributed by atoms with Gasteiger partial charge < -0.3 is 24.2 Å². The summed E-state index contributed by atoms with van der Waals surface area (Å²) in [5.74, 6) is -1.46. The number of allylic oxidation sites excluding steroid dienone is 8. The predicted octanol–water partition coefficient (Wildman–Crippen LogP) is 19.7. The Balaban J connectivity index is 4.69. The van der Waals surface area contributed by atoms with Crippen molar-refractivity contribution in [3.8, 4) is 0 Å². The fourth-order valence-electron chi connectivity index (χ4n) is 9.24. The first-order valence-corrected chi connectivity index (χ1v) is 34.0. The Bertz CT molecular complexity index is 1490. The number of aliphatic hydroxyl groups excluding tert-OH is 1. The monoisotopic (exact) mass is 1120 g/mol. The van der Waals surface area contributed by atoms with Crippen molar-refractivity contribution >= 4 is 25.7 Å². The van der Waals surface area contributed by atoms with E-state index in [-0.39, 0.29) is 25.9 Å². The molecule has 0 aromatic heterocycles. The zero-order valence-corrected chi connectivity index (χ0v) is 51.5. The Kier molecular flexibility index (Phi) is 58.5. The van der Waals surface area contributed by atoms with Gasteiger partial charge in [-0.2, -0.15) is 0 Å². The molecule has 0 spiro atoms. The van der Waals surface area contributed by atoms with Crippen LogP contribution in [0.5, 0.6) is 0 Å². The molecule has 0 aliphatic heterocycles. The van der Waals surface area contributed by atoms with E-state index in [4.69, 9.17) is 23.3 Å². The Labute approximate surface area is 479 Å². The topological polar surface area (TPSA) is 155 Å². The molecule has 456 valence electrons. The molecule has 2 N–H and O–H groups in total. The second-order valence-electron chi connectivity index (χ2n) is 21.9. The summed E-state index contributed by atoms with van der Waals surface area (Å²) in [7, 11) is -4.75. The molecule has 0 saturated heterocycles. The number of aliphatic hydroxyl groups is 1. The van der Waals surface area contributed by atoms with Gasteiger partial charge in [0.2, 0.25) is 0 Å². The highest BCUT2D eigenvalue weighted by Gasteiger charge is 2.28. The van der Waals surface area contributed by atoms with Crippen molar-refractivity contribution in [2.45, 2.75) is 328 Å². The van der Waals surface area contributed by atoms with E-state index in [9.17, 15) is 28.9 Å². The van der Waals surface area contributed by atoms with Gasteiger partial charge in [-0.1, -0.05) is 262 Å². The maximum Gasteiger partial charge on any atom is 0.472 e. The Morgan fingerprint density at radius 2 is 0.628 bits per heavy atom. The lowest BCUT2D eigenvalue weighted by Gasteiger charge is -2.21. The van der Waals surface area contributed by atoms with Gasteiger partial charge in [0, 0.05) is 19.3 Å². The van der Waals surface area contributed by atoms with Crippen LogP contribution in [0.15, 0.2) is 48.6 Å². The van der Waals surface area contributed by atoms with Crippen LogP contribution >= 0.6 is 7.82 Å². The van der Waals surface area contributed by atoms with E-state index < -0.39 is 57.8 Å². The van der Waals surface area contributed by atoms with Crippen molar-refractivity contribution < 1.29 is 52.2 Å². The number of phosphoric acid groups is 1. The second-order valence-corrected chi connectivity index (χ2v) is 23.4. The number of unbranched alkanes of at least 4 members (excludes halogenated alkanes) is 36. The lowest BCUT2D eigenvalue weighted by molar-refractivity contribution is -0.161. The average molecular weight is 1120 g/mol. The highest BCUT2D eigenvalue weighted by molar-refractivity contribution is 7.47. The Morgan fingerprint density at radius 1 is 0.359 bits per heavy atom. The molecule has 0 heterocycles. The maximum absolute atomic E-state index is 13.0. The molecule has 12 heteroatoms. The fraction of sp³-hybridized carbons (Fsp3) is 0.833. The normalized spacial score (nSPS) is 13.6. The molecule has 3 atom stereocenters. The lowest BCUT2D eigenvalue weighted by atomic mass is 10.0. The molecule has 0 bridgehead atoms. The van der Waals surface area contributed by atoms with Crippen LogP contribution in [-0.2, 0) is 42.2 Å². The minimum Gasteiger partial charge on any atom is -0.462 e. The maximum atomic E-state index is 13.0. The zero-order valence-electron chi connectivity index (χ0n) is 50.6. The molecule has 0 aliphatic carbocycles. The third-order valence-corrected chi connectivity index (χ3v) is 15.2. The number of hydrogen-bond donors (Lipinski definition) is 2. The van der Waals surface area contributed by atoms with Gasteiger partial charge >= 0.3 is 25.7 Å².